The minimum absolute atomic E-state index is 0.00991. The van der Waals surface area contributed by atoms with Crippen molar-refractivity contribution in [2.24, 2.45) is 5.92 Å². The van der Waals surface area contributed by atoms with Crippen LogP contribution in [0.4, 0.5) is 4.79 Å². The van der Waals surface area contributed by atoms with E-state index in [-0.39, 0.29) is 36.4 Å². The molecule has 2 N–H and O–H groups in total. The average Bonchev–Trinajstić information content (AvgIpc) is 3.44. The van der Waals surface area contributed by atoms with Gasteiger partial charge in [-0.05, 0) is 36.4 Å². The van der Waals surface area contributed by atoms with Gasteiger partial charge in [-0.25, -0.2) is 9.78 Å². The van der Waals surface area contributed by atoms with Gasteiger partial charge in [0.05, 0.1) is 18.5 Å². The summed E-state index contributed by atoms with van der Waals surface area (Å²) in [4.78, 5) is 46.3. The van der Waals surface area contributed by atoms with E-state index in [0.29, 0.717) is 54.8 Å². The van der Waals surface area contributed by atoms with Crippen LogP contribution in [-0.2, 0) is 11.3 Å². The van der Waals surface area contributed by atoms with Gasteiger partial charge in [0.15, 0.2) is 0 Å². The van der Waals surface area contributed by atoms with Crippen LogP contribution in [0.1, 0.15) is 30.7 Å². The molecule has 41 heavy (non-hydrogen) atoms. The highest BCUT2D eigenvalue weighted by Crippen LogP contribution is 2.35. The molecule has 0 bridgehead atoms. The van der Waals surface area contributed by atoms with Crippen molar-refractivity contribution >= 4 is 33.7 Å². The van der Waals surface area contributed by atoms with Gasteiger partial charge in [0.1, 0.15) is 15.9 Å². The number of rotatable bonds is 5. The molecule has 0 aliphatic carbocycles. The van der Waals surface area contributed by atoms with Gasteiger partial charge in [0.25, 0.3) is 5.56 Å². The molecule has 0 saturated carbocycles. The lowest BCUT2D eigenvalue weighted by Crippen LogP contribution is -2.53. The maximum Gasteiger partial charge on any atom is 0.407 e. The second-order valence-electron chi connectivity index (χ2n) is 10.9. The smallest absolute Gasteiger partial charge is 0.407 e. The number of carboxylic acid groups (broad SMARTS) is 1. The van der Waals surface area contributed by atoms with Crippen LogP contribution in [0.3, 0.4) is 0 Å². The number of carbonyl (C=O) groups excluding carboxylic acids is 1. The lowest BCUT2D eigenvalue weighted by molar-refractivity contribution is -0.142. The number of aliphatic hydroxyl groups is 1. The Morgan fingerprint density at radius 1 is 0.976 bits per heavy atom. The molecule has 2 atom stereocenters. The van der Waals surface area contributed by atoms with Crippen LogP contribution >= 0.6 is 11.5 Å². The molecular formula is C30H31N5O5S. The van der Waals surface area contributed by atoms with Crippen LogP contribution in [-0.4, -0.2) is 77.7 Å². The van der Waals surface area contributed by atoms with Crippen LogP contribution < -0.4 is 5.56 Å². The predicted molar refractivity (Wildman–Crippen MR) is 155 cm³/mol. The zero-order valence-electron chi connectivity index (χ0n) is 22.4. The maximum atomic E-state index is 13.7. The Bertz CT molecular complexity index is 1610. The number of piperidine rings is 2. The van der Waals surface area contributed by atoms with Crippen molar-refractivity contribution in [1.29, 1.82) is 0 Å². The van der Waals surface area contributed by atoms with Crippen molar-refractivity contribution in [1.82, 2.24) is 23.7 Å². The molecule has 11 heteroatoms. The van der Waals surface area contributed by atoms with Gasteiger partial charge >= 0.3 is 6.09 Å². The lowest BCUT2D eigenvalue weighted by Gasteiger charge is -2.42. The van der Waals surface area contributed by atoms with Gasteiger partial charge in [0.2, 0.25) is 5.91 Å². The van der Waals surface area contributed by atoms with Gasteiger partial charge in [-0.1, -0.05) is 60.7 Å². The SMILES string of the molecule is O=C(O)N1CC[C@@H](C(=O)N2CCC(O)(Cn3cnc4c(-c5ccccc5)nsc4c3=O)CC2)[C@H](c2ccccc2)C1. The van der Waals surface area contributed by atoms with Crippen molar-refractivity contribution in [3.05, 3.63) is 82.9 Å². The zero-order valence-corrected chi connectivity index (χ0v) is 23.2. The fraction of sp³-hybridized carbons (Fsp3) is 0.367. The van der Waals surface area contributed by atoms with E-state index >= 15 is 0 Å². The van der Waals surface area contributed by atoms with Crippen LogP contribution in [0.15, 0.2) is 71.8 Å². The van der Waals surface area contributed by atoms with E-state index in [1.165, 1.54) is 15.8 Å². The zero-order chi connectivity index (χ0) is 28.6. The predicted octanol–water partition coefficient (Wildman–Crippen LogP) is 3.66. The fourth-order valence-electron chi connectivity index (χ4n) is 6.07. The van der Waals surface area contributed by atoms with E-state index in [0.717, 1.165) is 22.7 Å². The van der Waals surface area contributed by atoms with E-state index in [2.05, 4.69) is 9.36 Å². The van der Waals surface area contributed by atoms with Gasteiger partial charge < -0.3 is 20.0 Å². The van der Waals surface area contributed by atoms with E-state index in [9.17, 15) is 24.6 Å². The molecule has 212 valence electrons. The summed E-state index contributed by atoms with van der Waals surface area (Å²) in [7, 11) is 0. The number of hydrogen-bond donors (Lipinski definition) is 2. The Hall–Kier alpha value is -4.09. The monoisotopic (exact) mass is 573 g/mol. The molecule has 2 aromatic carbocycles. The third-order valence-electron chi connectivity index (χ3n) is 8.39. The number of likely N-dealkylation sites (tertiary alicyclic amines) is 2. The minimum atomic E-state index is -1.16. The van der Waals surface area contributed by atoms with E-state index in [1.807, 2.05) is 60.7 Å². The summed E-state index contributed by atoms with van der Waals surface area (Å²) < 4.78 is 6.36. The van der Waals surface area contributed by atoms with Crippen LogP contribution in [0.25, 0.3) is 21.5 Å². The molecule has 2 saturated heterocycles. The lowest BCUT2D eigenvalue weighted by atomic mass is 9.79. The Labute approximate surface area is 240 Å². The largest absolute Gasteiger partial charge is 0.465 e. The molecule has 4 aromatic rings. The second-order valence-corrected chi connectivity index (χ2v) is 11.7. The van der Waals surface area contributed by atoms with Gasteiger partial charge in [0, 0.05) is 43.6 Å². The number of fused-ring (bicyclic) bond motifs is 1. The molecule has 0 radical (unpaired) electrons. The van der Waals surface area contributed by atoms with Crippen molar-refractivity contribution in [2.75, 3.05) is 26.2 Å². The summed E-state index contributed by atoms with van der Waals surface area (Å²) in [5, 5.41) is 21.0. The number of benzene rings is 2. The van der Waals surface area contributed by atoms with Gasteiger partial charge in [-0.2, -0.15) is 4.37 Å². The van der Waals surface area contributed by atoms with Crippen LogP contribution in [0, 0.1) is 5.92 Å². The molecular weight excluding hydrogens is 542 g/mol. The Morgan fingerprint density at radius 2 is 1.66 bits per heavy atom. The number of nitrogens with zero attached hydrogens (tertiary/aromatic N) is 5. The topological polar surface area (TPSA) is 129 Å². The van der Waals surface area contributed by atoms with E-state index < -0.39 is 11.7 Å². The first-order chi connectivity index (χ1) is 19.8. The highest BCUT2D eigenvalue weighted by molar-refractivity contribution is 7.13. The Morgan fingerprint density at radius 3 is 2.34 bits per heavy atom. The second kappa shape index (κ2) is 11.1. The molecule has 0 unspecified atom stereocenters. The normalized spacial score (nSPS) is 20.7. The van der Waals surface area contributed by atoms with Crippen LogP contribution in [0.2, 0.25) is 0 Å². The van der Waals surface area contributed by atoms with Crippen molar-refractivity contribution in [3.8, 4) is 11.3 Å². The number of aromatic nitrogens is 3. The molecule has 2 aromatic heterocycles. The van der Waals surface area contributed by atoms with Crippen molar-refractivity contribution in [3.63, 3.8) is 0 Å². The summed E-state index contributed by atoms with van der Waals surface area (Å²) in [6, 6.07) is 19.2. The molecule has 2 fully saturated rings. The first-order valence-corrected chi connectivity index (χ1v) is 14.5. The Kier molecular flexibility index (Phi) is 7.31. The Balaban J connectivity index is 1.15. The molecule has 10 nitrogen and oxygen atoms in total. The first-order valence-electron chi connectivity index (χ1n) is 13.8. The van der Waals surface area contributed by atoms with Crippen molar-refractivity contribution in [2.45, 2.75) is 37.3 Å². The highest BCUT2D eigenvalue weighted by Gasteiger charge is 2.41. The summed E-state index contributed by atoms with van der Waals surface area (Å²) in [6.07, 6.45) is 1.60. The van der Waals surface area contributed by atoms with E-state index in [1.54, 1.807) is 4.90 Å². The third kappa shape index (κ3) is 5.34. The molecule has 4 heterocycles. The average molecular weight is 574 g/mol. The number of carbonyl (C=O) groups is 2. The first kappa shape index (κ1) is 27.1. The van der Waals surface area contributed by atoms with Gasteiger partial charge in [-0.15, -0.1) is 0 Å². The van der Waals surface area contributed by atoms with E-state index in [4.69, 9.17) is 0 Å². The summed E-state index contributed by atoms with van der Waals surface area (Å²) in [6.45, 7) is 1.39. The van der Waals surface area contributed by atoms with Crippen molar-refractivity contribution < 1.29 is 19.8 Å². The minimum Gasteiger partial charge on any atom is -0.465 e. The summed E-state index contributed by atoms with van der Waals surface area (Å²) in [5.74, 6) is -0.575. The molecule has 2 aliphatic heterocycles. The number of hydrogen-bond acceptors (Lipinski definition) is 7. The number of amides is 2. The van der Waals surface area contributed by atoms with Gasteiger partial charge in [-0.3, -0.25) is 14.2 Å². The molecule has 0 spiro atoms. The highest BCUT2D eigenvalue weighted by atomic mass is 32.1. The summed E-state index contributed by atoms with van der Waals surface area (Å²) >= 11 is 1.11. The molecule has 6 rings (SSSR count). The van der Waals surface area contributed by atoms with Crippen LogP contribution in [0.5, 0.6) is 0 Å². The quantitative estimate of drug-likeness (QED) is 0.373. The maximum absolute atomic E-state index is 13.7. The standard InChI is InChI=1S/C30H31N5O5S/c36-27(22-11-14-34(29(38)39)17-23(22)20-7-3-1-4-8-20)33-15-12-30(40,13-16-33)18-35-19-31-25-24(21-9-5-2-6-10-21)32-41-26(25)28(35)37/h1-10,19,22-23,40H,11-18H2,(H,38,39)/t22-,23+/m1/s1. The fourth-order valence-corrected chi connectivity index (χ4v) is 6.87. The summed E-state index contributed by atoms with van der Waals surface area (Å²) in [5.41, 5.74) is 1.67. The molecule has 2 aliphatic rings. The molecule has 2 amide bonds. The third-order valence-corrected chi connectivity index (χ3v) is 9.22.